The number of aromatic nitrogens is 3. The first-order chi connectivity index (χ1) is 6.68. The molecule has 1 aliphatic rings. The molecule has 1 aromatic rings. The third-order valence-electron chi connectivity index (χ3n) is 2.56. The fourth-order valence-corrected chi connectivity index (χ4v) is 1.66. The van der Waals surface area contributed by atoms with Crippen molar-refractivity contribution in [3.05, 3.63) is 11.6 Å². The molecule has 5 heteroatoms. The summed E-state index contributed by atoms with van der Waals surface area (Å²) in [6, 6.07) is 0. The van der Waals surface area contributed by atoms with Gasteiger partial charge in [-0.2, -0.15) is 0 Å². The number of nitrogens with zero attached hydrogens (tertiary/aromatic N) is 3. The monoisotopic (exact) mass is 196 g/mol. The topological polar surface area (TPSA) is 63.0 Å². The van der Waals surface area contributed by atoms with Gasteiger partial charge in [0, 0.05) is 19.0 Å². The van der Waals surface area contributed by atoms with Crippen molar-refractivity contribution >= 4 is 0 Å². The van der Waals surface area contributed by atoms with Crippen molar-refractivity contribution in [2.75, 3.05) is 13.1 Å². The van der Waals surface area contributed by atoms with E-state index in [2.05, 4.69) is 15.5 Å². The fraction of sp³-hybridized carbons (Fsp3) is 0.778. The number of rotatable bonds is 3. The van der Waals surface area contributed by atoms with Crippen LogP contribution in [0.15, 0.2) is 0 Å². The Morgan fingerprint density at radius 3 is 2.79 bits per heavy atom. The second-order valence-corrected chi connectivity index (χ2v) is 3.92. The Morgan fingerprint density at radius 2 is 2.29 bits per heavy atom. The Labute approximate surface area is 83.2 Å². The van der Waals surface area contributed by atoms with E-state index in [1.165, 1.54) is 0 Å². The van der Waals surface area contributed by atoms with Crippen molar-refractivity contribution in [3.8, 4) is 0 Å². The molecule has 14 heavy (non-hydrogen) atoms. The van der Waals surface area contributed by atoms with Crippen molar-refractivity contribution in [2.24, 2.45) is 0 Å². The van der Waals surface area contributed by atoms with Crippen LogP contribution in [0.1, 0.15) is 24.5 Å². The third-order valence-corrected chi connectivity index (χ3v) is 2.56. The summed E-state index contributed by atoms with van der Waals surface area (Å²) < 4.78 is 2.01. The van der Waals surface area contributed by atoms with E-state index in [1.54, 1.807) is 6.92 Å². The predicted molar refractivity (Wildman–Crippen MR) is 52.1 cm³/mol. The summed E-state index contributed by atoms with van der Waals surface area (Å²) in [5.74, 6) is 2.35. The Bertz CT molecular complexity index is 317. The average molecular weight is 196 g/mol. The van der Waals surface area contributed by atoms with E-state index in [0.29, 0.717) is 12.5 Å². The Hall–Kier alpha value is -0.940. The Balaban J connectivity index is 2.21. The molecule has 1 saturated heterocycles. The predicted octanol–water partition coefficient (Wildman–Crippen LogP) is -0.346. The van der Waals surface area contributed by atoms with Gasteiger partial charge in [-0.15, -0.1) is 10.2 Å². The van der Waals surface area contributed by atoms with Gasteiger partial charge in [0.2, 0.25) is 0 Å². The molecule has 0 spiro atoms. The number of aryl methyl sites for hydroxylation is 1. The number of hydrogen-bond acceptors (Lipinski definition) is 4. The normalized spacial score (nSPS) is 19.4. The van der Waals surface area contributed by atoms with Crippen LogP contribution in [0.4, 0.5) is 0 Å². The number of aliphatic hydroxyl groups excluding tert-OH is 1. The van der Waals surface area contributed by atoms with Gasteiger partial charge in [-0.3, -0.25) is 0 Å². The van der Waals surface area contributed by atoms with Crippen LogP contribution in [0.3, 0.4) is 0 Å². The zero-order valence-corrected chi connectivity index (χ0v) is 8.56. The molecule has 1 unspecified atom stereocenters. The minimum absolute atomic E-state index is 0.350. The van der Waals surface area contributed by atoms with E-state index in [1.807, 2.05) is 11.5 Å². The van der Waals surface area contributed by atoms with Crippen LogP contribution < -0.4 is 5.32 Å². The fourth-order valence-electron chi connectivity index (χ4n) is 1.66. The minimum atomic E-state index is -0.350. The first-order valence-corrected chi connectivity index (χ1v) is 4.97. The van der Waals surface area contributed by atoms with Gasteiger partial charge in [-0.25, -0.2) is 0 Å². The van der Waals surface area contributed by atoms with Crippen LogP contribution in [0.25, 0.3) is 0 Å². The summed E-state index contributed by atoms with van der Waals surface area (Å²) in [6.07, 6.45) is -0.350. The summed E-state index contributed by atoms with van der Waals surface area (Å²) >= 11 is 0. The molecule has 0 radical (unpaired) electrons. The minimum Gasteiger partial charge on any atom is -0.392 e. The molecule has 1 aromatic heterocycles. The van der Waals surface area contributed by atoms with Gasteiger partial charge in [-0.1, -0.05) is 0 Å². The lowest BCUT2D eigenvalue weighted by atomic mass is 10.0. The molecule has 0 aromatic carbocycles. The van der Waals surface area contributed by atoms with E-state index in [9.17, 15) is 5.11 Å². The average Bonchev–Trinajstić information content (AvgIpc) is 2.32. The highest BCUT2D eigenvalue weighted by Gasteiger charge is 2.25. The van der Waals surface area contributed by atoms with Crippen LogP contribution in [0, 0.1) is 6.92 Å². The maximum absolute atomic E-state index is 9.35. The number of aliphatic hydroxyl groups is 1. The van der Waals surface area contributed by atoms with Gasteiger partial charge in [0.25, 0.3) is 0 Å². The van der Waals surface area contributed by atoms with E-state index < -0.39 is 0 Å². The van der Waals surface area contributed by atoms with Gasteiger partial charge in [-0.05, 0) is 13.8 Å². The highest BCUT2D eigenvalue weighted by Crippen LogP contribution is 2.18. The highest BCUT2D eigenvalue weighted by molar-refractivity contribution is 5.06. The number of hydrogen-bond donors (Lipinski definition) is 2. The maximum atomic E-state index is 9.35. The molecule has 5 nitrogen and oxygen atoms in total. The summed E-state index contributed by atoms with van der Waals surface area (Å²) in [7, 11) is 0. The van der Waals surface area contributed by atoms with Gasteiger partial charge in [0.1, 0.15) is 11.6 Å². The van der Waals surface area contributed by atoms with Crippen LogP contribution in [0.5, 0.6) is 0 Å². The van der Waals surface area contributed by atoms with E-state index in [0.717, 1.165) is 24.7 Å². The van der Waals surface area contributed by atoms with Crippen LogP contribution in [-0.2, 0) is 6.54 Å². The van der Waals surface area contributed by atoms with E-state index >= 15 is 0 Å². The smallest absolute Gasteiger partial charge is 0.138 e. The molecule has 1 aliphatic heterocycles. The summed E-state index contributed by atoms with van der Waals surface area (Å²) in [6.45, 7) is 6.23. The van der Waals surface area contributed by atoms with Crippen molar-refractivity contribution in [1.82, 2.24) is 20.1 Å². The largest absolute Gasteiger partial charge is 0.392 e. The van der Waals surface area contributed by atoms with Crippen molar-refractivity contribution < 1.29 is 5.11 Å². The SMILES string of the molecule is Cc1nnc(C2CNC2)n1CC(C)O. The molecule has 2 rings (SSSR count). The first kappa shape index (κ1) is 9.61. The second-order valence-electron chi connectivity index (χ2n) is 3.92. The Kier molecular flexibility index (Phi) is 2.52. The van der Waals surface area contributed by atoms with E-state index in [4.69, 9.17) is 0 Å². The summed E-state index contributed by atoms with van der Waals surface area (Å²) in [5, 5.41) is 20.8. The van der Waals surface area contributed by atoms with Gasteiger partial charge >= 0.3 is 0 Å². The standard InChI is InChI=1S/C9H16N4O/c1-6(14)5-13-7(2)11-12-9(13)8-3-10-4-8/h6,8,10,14H,3-5H2,1-2H3. The lowest BCUT2D eigenvalue weighted by molar-refractivity contribution is 0.169. The summed E-state index contributed by atoms with van der Waals surface area (Å²) in [5.41, 5.74) is 0. The van der Waals surface area contributed by atoms with Crippen LogP contribution in [-0.4, -0.2) is 39.1 Å². The molecule has 2 heterocycles. The molecule has 0 bridgehead atoms. The lowest BCUT2D eigenvalue weighted by Crippen LogP contribution is -2.41. The molecule has 0 saturated carbocycles. The third kappa shape index (κ3) is 1.65. The van der Waals surface area contributed by atoms with Crippen molar-refractivity contribution in [3.63, 3.8) is 0 Å². The van der Waals surface area contributed by atoms with Crippen LogP contribution >= 0.6 is 0 Å². The Morgan fingerprint density at radius 1 is 1.57 bits per heavy atom. The molecule has 1 atom stereocenters. The van der Waals surface area contributed by atoms with E-state index in [-0.39, 0.29) is 6.10 Å². The van der Waals surface area contributed by atoms with Gasteiger partial charge < -0.3 is 15.0 Å². The molecular weight excluding hydrogens is 180 g/mol. The molecular formula is C9H16N4O. The zero-order chi connectivity index (χ0) is 10.1. The molecule has 0 aliphatic carbocycles. The molecule has 2 N–H and O–H groups in total. The van der Waals surface area contributed by atoms with Crippen molar-refractivity contribution in [1.29, 1.82) is 0 Å². The van der Waals surface area contributed by atoms with Crippen LogP contribution in [0.2, 0.25) is 0 Å². The molecule has 78 valence electrons. The van der Waals surface area contributed by atoms with Crippen molar-refractivity contribution in [2.45, 2.75) is 32.4 Å². The quantitative estimate of drug-likeness (QED) is 0.694. The van der Waals surface area contributed by atoms with Gasteiger partial charge in [0.15, 0.2) is 0 Å². The second kappa shape index (κ2) is 3.67. The first-order valence-electron chi connectivity index (χ1n) is 4.97. The molecule has 1 fully saturated rings. The molecule has 0 amide bonds. The highest BCUT2D eigenvalue weighted by atomic mass is 16.3. The van der Waals surface area contributed by atoms with Gasteiger partial charge in [0.05, 0.1) is 12.6 Å². The number of nitrogens with one attached hydrogen (secondary N) is 1. The maximum Gasteiger partial charge on any atom is 0.138 e. The zero-order valence-electron chi connectivity index (χ0n) is 8.56. The summed E-state index contributed by atoms with van der Waals surface area (Å²) in [4.78, 5) is 0. The lowest BCUT2D eigenvalue weighted by Gasteiger charge is -2.27.